The van der Waals surface area contributed by atoms with Crippen LogP contribution in [0.4, 0.5) is 0 Å². The first-order valence-corrected chi connectivity index (χ1v) is 10.6. The van der Waals surface area contributed by atoms with Gasteiger partial charge in [0.25, 0.3) is 0 Å². The summed E-state index contributed by atoms with van der Waals surface area (Å²) in [6.45, 7) is 3.48. The molecule has 0 amide bonds. The van der Waals surface area contributed by atoms with Crippen molar-refractivity contribution in [2.24, 2.45) is 0 Å². The molecular weight excluding hydrogens is 446 g/mol. The average Bonchev–Trinajstić information content (AvgIpc) is 3.32. The molecule has 5 rings (SSSR count). The Morgan fingerprint density at radius 3 is 2.67 bits per heavy atom. The topological polar surface area (TPSA) is 104 Å². The van der Waals surface area contributed by atoms with Gasteiger partial charge in [-0.3, -0.25) is 4.57 Å². The lowest BCUT2D eigenvalue weighted by molar-refractivity contribution is 0.277. The van der Waals surface area contributed by atoms with Crippen molar-refractivity contribution in [1.29, 1.82) is 0 Å². The molecule has 0 radical (unpaired) electrons. The highest BCUT2D eigenvalue weighted by Crippen LogP contribution is 2.39. The number of aromatic nitrogens is 3. The van der Waals surface area contributed by atoms with E-state index < -0.39 is 12.4 Å². The lowest BCUT2D eigenvalue weighted by Gasteiger charge is -2.13. The molecule has 3 aromatic heterocycles. The quantitative estimate of drug-likeness (QED) is 0.404. The van der Waals surface area contributed by atoms with Gasteiger partial charge in [-0.15, -0.1) is 0 Å². The van der Waals surface area contributed by atoms with Gasteiger partial charge in [-0.25, -0.2) is 9.78 Å². The van der Waals surface area contributed by atoms with E-state index in [1.807, 2.05) is 44.2 Å². The van der Waals surface area contributed by atoms with Gasteiger partial charge in [0.2, 0.25) is 0 Å². The fourth-order valence-corrected chi connectivity index (χ4v) is 4.39. The molecule has 0 aliphatic heterocycles. The number of methoxy groups -OCH3 is 1. The number of hydrogen-bond donors (Lipinski definition) is 1. The monoisotopic (exact) mass is 465 g/mol. The van der Waals surface area contributed by atoms with Crippen LogP contribution >= 0.6 is 11.6 Å². The van der Waals surface area contributed by atoms with E-state index in [-0.39, 0.29) is 17.8 Å². The van der Waals surface area contributed by atoms with Crippen LogP contribution in [0.15, 0.2) is 50.1 Å². The molecule has 1 N–H and O–H groups in total. The number of aryl methyl sites for hydroxylation is 2. The van der Waals surface area contributed by atoms with Crippen LogP contribution in [-0.2, 0) is 13.2 Å². The number of benzene rings is 2. The summed E-state index contributed by atoms with van der Waals surface area (Å²) in [5.74, 6) is 0.643. The highest BCUT2D eigenvalue weighted by molar-refractivity contribution is 6.31. The molecule has 3 heterocycles. The zero-order valence-electron chi connectivity index (χ0n) is 18.2. The molecule has 0 unspecified atom stereocenters. The second kappa shape index (κ2) is 8.06. The Morgan fingerprint density at radius 1 is 1.21 bits per heavy atom. The predicted octanol–water partition coefficient (Wildman–Crippen LogP) is 4.62. The molecular formula is C24H20ClN3O5. The van der Waals surface area contributed by atoms with Gasteiger partial charge in [-0.2, -0.15) is 0 Å². The molecule has 0 saturated heterocycles. The van der Waals surface area contributed by atoms with Crippen LogP contribution in [0.25, 0.3) is 33.1 Å². The molecule has 0 fully saturated rings. The molecule has 8 nitrogen and oxygen atoms in total. The lowest BCUT2D eigenvalue weighted by atomic mass is 10.00. The highest BCUT2D eigenvalue weighted by atomic mass is 35.5. The molecule has 2 aromatic carbocycles. The maximum absolute atomic E-state index is 12.9. The lowest BCUT2D eigenvalue weighted by Crippen LogP contribution is -2.15. The van der Waals surface area contributed by atoms with E-state index >= 15 is 0 Å². The number of aliphatic hydroxyl groups is 1. The second-order valence-electron chi connectivity index (χ2n) is 7.71. The molecule has 5 aromatic rings. The molecule has 9 heteroatoms. The smallest absolute Gasteiger partial charge is 0.420 e. The Hall–Kier alpha value is -3.62. The minimum atomic E-state index is -0.567. The van der Waals surface area contributed by atoms with Gasteiger partial charge >= 0.3 is 5.76 Å². The number of pyridine rings is 1. The molecule has 0 bridgehead atoms. The zero-order chi connectivity index (χ0) is 23.3. The van der Waals surface area contributed by atoms with Crippen molar-refractivity contribution in [2.75, 3.05) is 7.11 Å². The average molecular weight is 466 g/mol. The Balaban J connectivity index is 1.85. The molecule has 33 heavy (non-hydrogen) atoms. The fourth-order valence-electron chi connectivity index (χ4n) is 4.19. The van der Waals surface area contributed by atoms with E-state index in [0.29, 0.717) is 38.6 Å². The standard InChI is InChI=1S/C24H20ClN3O5/c1-12-21(13(2)33-27-12)16-8-18-15(9-20(16)31-3)22-23(19(11-29)26-18)32-24(30)28(22)10-14-6-4-5-7-17(14)25/h4-9,29H,10-11H2,1-3H3. The molecule has 0 spiro atoms. The Labute approximate surface area is 193 Å². The molecule has 0 aliphatic carbocycles. The molecule has 0 saturated carbocycles. The van der Waals surface area contributed by atoms with Gasteiger partial charge in [0.15, 0.2) is 5.58 Å². The van der Waals surface area contributed by atoms with Crippen molar-refractivity contribution in [1.82, 2.24) is 14.7 Å². The van der Waals surface area contributed by atoms with Crippen molar-refractivity contribution in [2.45, 2.75) is 27.0 Å². The summed E-state index contributed by atoms with van der Waals surface area (Å²) in [5.41, 5.74) is 4.61. The molecule has 168 valence electrons. The number of halogens is 1. The largest absolute Gasteiger partial charge is 0.496 e. The van der Waals surface area contributed by atoms with Crippen LogP contribution in [0, 0.1) is 13.8 Å². The summed E-state index contributed by atoms with van der Waals surface area (Å²) in [6.07, 6.45) is 0. The van der Waals surface area contributed by atoms with Gasteiger partial charge in [0, 0.05) is 16.0 Å². The first kappa shape index (κ1) is 21.2. The summed E-state index contributed by atoms with van der Waals surface area (Å²) in [6, 6.07) is 10.9. The van der Waals surface area contributed by atoms with Gasteiger partial charge in [-0.05, 0) is 37.6 Å². The van der Waals surface area contributed by atoms with E-state index in [0.717, 1.165) is 16.7 Å². The van der Waals surface area contributed by atoms with Crippen molar-refractivity contribution in [3.63, 3.8) is 0 Å². The van der Waals surface area contributed by atoms with Gasteiger partial charge in [0.05, 0.1) is 37.0 Å². The van der Waals surface area contributed by atoms with Crippen LogP contribution in [0.5, 0.6) is 5.75 Å². The second-order valence-corrected chi connectivity index (χ2v) is 8.12. The fraction of sp³-hybridized carbons (Fsp3) is 0.208. The van der Waals surface area contributed by atoms with E-state index in [1.54, 1.807) is 13.2 Å². The minimum Gasteiger partial charge on any atom is -0.496 e. The number of oxazole rings is 1. The zero-order valence-corrected chi connectivity index (χ0v) is 18.9. The highest BCUT2D eigenvalue weighted by Gasteiger charge is 2.23. The first-order chi connectivity index (χ1) is 15.9. The summed E-state index contributed by atoms with van der Waals surface area (Å²) < 4.78 is 18.1. The summed E-state index contributed by atoms with van der Waals surface area (Å²) in [4.78, 5) is 17.4. The van der Waals surface area contributed by atoms with Gasteiger partial charge in [-0.1, -0.05) is 35.0 Å². The van der Waals surface area contributed by atoms with Crippen molar-refractivity contribution in [3.05, 3.63) is 74.7 Å². The van der Waals surface area contributed by atoms with Crippen molar-refractivity contribution >= 4 is 33.6 Å². The minimum absolute atomic E-state index is 0.198. The first-order valence-electron chi connectivity index (χ1n) is 10.2. The third-order valence-electron chi connectivity index (χ3n) is 5.72. The molecule has 0 aliphatic rings. The van der Waals surface area contributed by atoms with Crippen LogP contribution in [0.1, 0.15) is 22.7 Å². The van der Waals surface area contributed by atoms with Crippen LogP contribution in [0.3, 0.4) is 0 Å². The van der Waals surface area contributed by atoms with Crippen molar-refractivity contribution < 1.29 is 18.8 Å². The Morgan fingerprint density at radius 2 is 2.00 bits per heavy atom. The van der Waals surface area contributed by atoms with Crippen LogP contribution in [-0.4, -0.2) is 26.9 Å². The van der Waals surface area contributed by atoms with Crippen LogP contribution in [0.2, 0.25) is 5.02 Å². The third kappa shape index (κ3) is 3.39. The number of ether oxygens (including phenoxy) is 1. The Kier molecular flexibility index (Phi) is 5.19. The summed E-state index contributed by atoms with van der Waals surface area (Å²) in [7, 11) is 1.57. The normalized spacial score (nSPS) is 11.5. The van der Waals surface area contributed by atoms with E-state index in [9.17, 15) is 9.90 Å². The number of nitrogens with zero attached hydrogens (tertiary/aromatic N) is 3. The Bertz CT molecular complexity index is 1560. The van der Waals surface area contributed by atoms with E-state index in [1.165, 1.54) is 4.57 Å². The maximum atomic E-state index is 12.9. The predicted molar refractivity (Wildman–Crippen MR) is 124 cm³/mol. The van der Waals surface area contributed by atoms with Gasteiger partial charge < -0.3 is 18.8 Å². The number of hydrogen-bond acceptors (Lipinski definition) is 7. The molecule has 0 atom stereocenters. The van der Waals surface area contributed by atoms with Gasteiger partial charge in [0.1, 0.15) is 22.7 Å². The van der Waals surface area contributed by atoms with E-state index in [2.05, 4.69) is 10.1 Å². The van der Waals surface area contributed by atoms with Crippen molar-refractivity contribution in [3.8, 4) is 16.9 Å². The SMILES string of the molecule is COc1cc2c(cc1-c1c(C)noc1C)nc(CO)c1oc(=O)n(Cc3ccccc3Cl)c12. The maximum Gasteiger partial charge on any atom is 0.420 e. The van der Waals surface area contributed by atoms with E-state index in [4.69, 9.17) is 25.3 Å². The summed E-state index contributed by atoms with van der Waals surface area (Å²) >= 11 is 6.34. The van der Waals surface area contributed by atoms with Crippen LogP contribution < -0.4 is 10.5 Å². The number of fused-ring (bicyclic) bond motifs is 3. The number of aliphatic hydroxyl groups excluding tert-OH is 1. The third-order valence-corrected chi connectivity index (χ3v) is 6.09. The number of rotatable bonds is 5. The summed E-state index contributed by atoms with van der Waals surface area (Å²) in [5, 5.41) is 15.2.